The van der Waals surface area contributed by atoms with Gasteiger partial charge < -0.3 is 0 Å². The van der Waals surface area contributed by atoms with Crippen LogP contribution in [0.3, 0.4) is 0 Å². The summed E-state index contributed by atoms with van der Waals surface area (Å²) in [6, 6.07) is 0. The highest BCUT2D eigenvalue weighted by Crippen LogP contribution is 2.00. The molecule has 0 atom stereocenters. The minimum Gasteiger partial charge on any atom is -0.293 e. The Labute approximate surface area is 63.9 Å². The van der Waals surface area contributed by atoms with E-state index < -0.39 is 0 Å². The van der Waals surface area contributed by atoms with E-state index in [9.17, 15) is 0 Å². The molecule has 0 radical (unpaired) electrons. The van der Waals surface area contributed by atoms with Crippen LogP contribution in [-0.4, -0.2) is 12.8 Å². The molecule has 0 saturated carbocycles. The highest BCUT2D eigenvalue weighted by atomic mass is 14.7. The average molecular weight is 139 g/mol. The summed E-state index contributed by atoms with van der Waals surface area (Å²) in [7, 11) is 0. The van der Waals surface area contributed by atoms with Crippen molar-refractivity contribution in [3.63, 3.8) is 0 Å². The molecule has 0 aromatic carbocycles. The molecule has 1 nitrogen and oxygen atoms in total. The first-order valence-electron chi connectivity index (χ1n) is 3.96. The molecule has 0 saturated heterocycles. The Morgan fingerprint density at radius 1 is 1.40 bits per heavy atom. The van der Waals surface area contributed by atoms with E-state index in [0.717, 1.165) is 6.54 Å². The van der Waals surface area contributed by atoms with E-state index in [1.54, 1.807) is 0 Å². The fourth-order valence-corrected chi connectivity index (χ4v) is 0.763. The average Bonchev–Trinajstić information content (AvgIpc) is 1.89. The molecule has 0 aromatic heterocycles. The molecule has 1 heteroatoms. The van der Waals surface area contributed by atoms with Gasteiger partial charge in [-0.15, -0.1) is 0 Å². The maximum Gasteiger partial charge on any atom is 0.0360 e. The maximum absolute atomic E-state index is 4.09. The van der Waals surface area contributed by atoms with Crippen molar-refractivity contribution in [2.45, 2.75) is 33.6 Å². The minimum atomic E-state index is 0.885. The maximum atomic E-state index is 4.09. The van der Waals surface area contributed by atoms with Gasteiger partial charge in [0.25, 0.3) is 0 Å². The first-order chi connectivity index (χ1) is 4.81. The molecule has 0 heterocycles. The lowest BCUT2D eigenvalue weighted by atomic mass is 10.2. The predicted molar refractivity (Wildman–Crippen MR) is 47.7 cm³/mol. The lowest BCUT2D eigenvalue weighted by Gasteiger charge is -1.92. The van der Waals surface area contributed by atoms with Gasteiger partial charge in [-0.2, -0.15) is 0 Å². The lowest BCUT2D eigenvalue weighted by Crippen LogP contribution is -1.76. The molecule has 0 spiro atoms. The Morgan fingerprint density at radius 2 is 2.10 bits per heavy atom. The standard InChI is InChI=1S/C9H17N/c1-4-6-9(3)7-8-10-5-2/h7-8H,4-6H2,1-3H3/b9-7+,10-8?. The van der Waals surface area contributed by atoms with Crippen molar-refractivity contribution in [1.82, 2.24) is 0 Å². The van der Waals surface area contributed by atoms with Crippen molar-refractivity contribution in [2.24, 2.45) is 4.99 Å². The van der Waals surface area contributed by atoms with Crippen molar-refractivity contribution in [1.29, 1.82) is 0 Å². The van der Waals surface area contributed by atoms with Crippen LogP contribution in [0.1, 0.15) is 33.6 Å². The van der Waals surface area contributed by atoms with Gasteiger partial charge in [-0.05, 0) is 26.3 Å². The number of rotatable bonds is 4. The van der Waals surface area contributed by atoms with Crippen LogP contribution in [0.15, 0.2) is 16.6 Å². The SMILES string of the molecule is CCC/C(C)=C/C=NCC. The summed E-state index contributed by atoms with van der Waals surface area (Å²) in [6.45, 7) is 7.26. The zero-order chi connectivity index (χ0) is 7.82. The van der Waals surface area contributed by atoms with E-state index in [2.05, 4.69) is 24.9 Å². The van der Waals surface area contributed by atoms with Gasteiger partial charge in [0, 0.05) is 12.8 Å². The molecular formula is C9H17N. The van der Waals surface area contributed by atoms with Crippen molar-refractivity contribution in [3.8, 4) is 0 Å². The smallest absolute Gasteiger partial charge is 0.0360 e. The van der Waals surface area contributed by atoms with E-state index in [1.807, 2.05) is 13.1 Å². The Bertz CT molecular complexity index is 123. The van der Waals surface area contributed by atoms with Crippen LogP contribution in [0, 0.1) is 0 Å². The highest BCUT2D eigenvalue weighted by molar-refractivity contribution is 5.71. The largest absolute Gasteiger partial charge is 0.293 e. The van der Waals surface area contributed by atoms with Crippen LogP contribution >= 0.6 is 0 Å². The van der Waals surface area contributed by atoms with Gasteiger partial charge in [0.2, 0.25) is 0 Å². The Morgan fingerprint density at radius 3 is 2.60 bits per heavy atom. The van der Waals surface area contributed by atoms with E-state index in [0.29, 0.717) is 0 Å². The second-order valence-electron chi connectivity index (χ2n) is 2.41. The van der Waals surface area contributed by atoms with Crippen LogP contribution in [0.4, 0.5) is 0 Å². The monoisotopic (exact) mass is 139 g/mol. The van der Waals surface area contributed by atoms with Crippen LogP contribution in [-0.2, 0) is 0 Å². The van der Waals surface area contributed by atoms with Gasteiger partial charge in [0.1, 0.15) is 0 Å². The summed E-state index contributed by atoms with van der Waals surface area (Å²) in [6.07, 6.45) is 6.40. The van der Waals surface area contributed by atoms with Crippen LogP contribution < -0.4 is 0 Å². The Hall–Kier alpha value is -0.590. The summed E-state index contributed by atoms with van der Waals surface area (Å²) in [5.41, 5.74) is 1.42. The Balaban J connectivity index is 3.56. The third-order valence-electron chi connectivity index (χ3n) is 1.29. The molecule has 0 aliphatic rings. The lowest BCUT2D eigenvalue weighted by molar-refractivity contribution is 0.907. The second-order valence-corrected chi connectivity index (χ2v) is 2.41. The van der Waals surface area contributed by atoms with E-state index >= 15 is 0 Å². The molecule has 58 valence electrons. The summed E-state index contributed by atoms with van der Waals surface area (Å²) in [5, 5.41) is 0. The van der Waals surface area contributed by atoms with Gasteiger partial charge in [-0.3, -0.25) is 4.99 Å². The summed E-state index contributed by atoms with van der Waals surface area (Å²) in [4.78, 5) is 4.09. The zero-order valence-electron chi connectivity index (χ0n) is 7.22. The molecular weight excluding hydrogens is 122 g/mol. The van der Waals surface area contributed by atoms with Crippen molar-refractivity contribution in [3.05, 3.63) is 11.6 Å². The fourth-order valence-electron chi connectivity index (χ4n) is 0.763. The molecule has 0 rings (SSSR count). The van der Waals surface area contributed by atoms with Crippen molar-refractivity contribution < 1.29 is 0 Å². The van der Waals surface area contributed by atoms with Gasteiger partial charge >= 0.3 is 0 Å². The van der Waals surface area contributed by atoms with Gasteiger partial charge in [-0.1, -0.05) is 18.9 Å². The second kappa shape index (κ2) is 6.53. The zero-order valence-corrected chi connectivity index (χ0v) is 7.22. The number of allylic oxidation sites excluding steroid dienone is 2. The summed E-state index contributed by atoms with van der Waals surface area (Å²) >= 11 is 0. The minimum absolute atomic E-state index is 0.885. The topological polar surface area (TPSA) is 12.4 Å². The third-order valence-corrected chi connectivity index (χ3v) is 1.29. The van der Waals surface area contributed by atoms with E-state index in [-0.39, 0.29) is 0 Å². The number of hydrogen-bond donors (Lipinski definition) is 0. The molecule has 0 aliphatic heterocycles. The number of aliphatic imine (C=N–C) groups is 1. The number of hydrogen-bond acceptors (Lipinski definition) is 1. The molecule has 0 aromatic rings. The third kappa shape index (κ3) is 5.54. The van der Waals surface area contributed by atoms with E-state index in [1.165, 1.54) is 18.4 Å². The summed E-state index contributed by atoms with van der Waals surface area (Å²) in [5.74, 6) is 0. The molecule has 10 heavy (non-hydrogen) atoms. The molecule has 0 N–H and O–H groups in total. The normalized spacial score (nSPS) is 12.9. The molecule has 0 amide bonds. The highest BCUT2D eigenvalue weighted by Gasteiger charge is 1.82. The quantitative estimate of drug-likeness (QED) is 0.531. The summed E-state index contributed by atoms with van der Waals surface area (Å²) < 4.78 is 0. The van der Waals surface area contributed by atoms with Crippen LogP contribution in [0.5, 0.6) is 0 Å². The molecule has 0 unspecified atom stereocenters. The molecule has 0 aliphatic carbocycles. The first-order valence-corrected chi connectivity index (χ1v) is 3.96. The van der Waals surface area contributed by atoms with Gasteiger partial charge in [0.05, 0.1) is 0 Å². The van der Waals surface area contributed by atoms with Crippen molar-refractivity contribution >= 4 is 6.21 Å². The van der Waals surface area contributed by atoms with Gasteiger partial charge in [0.15, 0.2) is 0 Å². The van der Waals surface area contributed by atoms with Gasteiger partial charge in [-0.25, -0.2) is 0 Å². The molecule has 0 bridgehead atoms. The van der Waals surface area contributed by atoms with Crippen LogP contribution in [0.2, 0.25) is 0 Å². The predicted octanol–water partition coefficient (Wildman–Crippen LogP) is 2.82. The number of nitrogens with zero attached hydrogens (tertiary/aromatic N) is 1. The molecule has 0 fully saturated rings. The Kier molecular flexibility index (Phi) is 6.14. The first kappa shape index (κ1) is 9.41. The van der Waals surface area contributed by atoms with Crippen LogP contribution in [0.25, 0.3) is 0 Å². The fraction of sp³-hybridized carbons (Fsp3) is 0.667. The van der Waals surface area contributed by atoms with Crippen molar-refractivity contribution in [2.75, 3.05) is 6.54 Å². The van der Waals surface area contributed by atoms with E-state index in [4.69, 9.17) is 0 Å².